The molecule has 0 aromatic heterocycles. The van der Waals surface area contributed by atoms with E-state index in [0.29, 0.717) is 0 Å². The Balaban J connectivity index is 3.02. The maximum absolute atomic E-state index is 3.68. The van der Waals surface area contributed by atoms with Crippen molar-refractivity contribution in [3.63, 3.8) is 0 Å². The number of rotatable bonds is 1. The fraction of sp³-hybridized carbons (Fsp3) is 0.200. The molecule has 0 N–H and O–H groups in total. The van der Waals surface area contributed by atoms with Gasteiger partial charge in [-0.3, -0.25) is 0 Å². The van der Waals surface area contributed by atoms with Crippen molar-refractivity contribution in [3.8, 4) is 0 Å². The summed E-state index contributed by atoms with van der Waals surface area (Å²) in [7, 11) is 2.02. The minimum absolute atomic E-state index is 1.10. The van der Waals surface area contributed by atoms with E-state index in [-0.39, 0.29) is 0 Å². The zero-order chi connectivity index (χ0) is 9.14. The second-order valence-corrected chi connectivity index (χ2v) is 3.66. The van der Waals surface area contributed by atoms with Gasteiger partial charge < -0.3 is 4.90 Å². The first kappa shape index (κ1) is 9.33. The Bertz CT molecular complexity index is 284. The molecule has 0 saturated heterocycles. The molecule has 1 aliphatic heterocycles. The molecular weight excluding hydrogens is 214 g/mol. The maximum Gasteiger partial charge on any atom is 0.0433 e. The van der Waals surface area contributed by atoms with Crippen LogP contribution in [0.2, 0.25) is 0 Å². The van der Waals surface area contributed by atoms with Gasteiger partial charge in [0.25, 0.3) is 0 Å². The van der Waals surface area contributed by atoms with Gasteiger partial charge in [0.15, 0.2) is 0 Å². The lowest BCUT2D eigenvalue weighted by atomic mass is 10.1. The Hall–Kier alpha value is -0.760. The normalized spacial score (nSPS) is 20.6. The summed E-state index contributed by atoms with van der Waals surface area (Å²) >= 11 is 3.44. The summed E-state index contributed by atoms with van der Waals surface area (Å²) in [5.41, 5.74) is 2.43. The van der Waals surface area contributed by atoms with Crippen molar-refractivity contribution in [2.45, 2.75) is 6.92 Å². The van der Waals surface area contributed by atoms with E-state index >= 15 is 0 Å². The largest absolute Gasteiger partial charge is 0.350 e. The lowest BCUT2D eigenvalue weighted by Gasteiger charge is -2.23. The summed E-state index contributed by atoms with van der Waals surface area (Å²) in [5.74, 6) is 0. The van der Waals surface area contributed by atoms with E-state index in [4.69, 9.17) is 0 Å². The fourth-order valence-corrected chi connectivity index (χ4v) is 1.86. The van der Waals surface area contributed by atoms with Crippen LogP contribution in [0.1, 0.15) is 6.92 Å². The van der Waals surface area contributed by atoms with Gasteiger partial charge in [-0.25, -0.2) is 0 Å². The van der Waals surface area contributed by atoms with Crippen molar-refractivity contribution in [2.75, 3.05) is 7.05 Å². The van der Waals surface area contributed by atoms with E-state index < -0.39 is 0 Å². The predicted octanol–water partition coefficient (Wildman–Crippen LogP) is 3.18. The van der Waals surface area contributed by atoms with E-state index in [1.54, 1.807) is 6.08 Å². The van der Waals surface area contributed by atoms with Gasteiger partial charge in [0.05, 0.1) is 0 Å². The smallest absolute Gasteiger partial charge is 0.0433 e. The van der Waals surface area contributed by atoms with Gasteiger partial charge in [-0.05, 0) is 40.6 Å². The predicted molar refractivity (Wildman–Crippen MR) is 56.8 cm³/mol. The first-order valence-electron chi connectivity index (χ1n) is 3.76. The summed E-state index contributed by atoms with van der Waals surface area (Å²) in [5, 5.41) is 0. The van der Waals surface area contributed by atoms with Crippen molar-refractivity contribution in [3.05, 3.63) is 46.8 Å². The Kier molecular flexibility index (Phi) is 2.93. The third-order valence-corrected chi connectivity index (χ3v) is 2.16. The Morgan fingerprint density at radius 1 is 1.58 bits per heavy atom. The highest BCUT2D eigenvalue weighted by Crippen LogP contribution is 2.24. The molecule has 1 heterocycles. The van der Waals surface area contributed by atoms with Crippen LogP contribution in [-0.4, -0.2) is 11.9 Å². The standard InChI is InChI=1S/C10H12BrN/c1-4-5-10-8(2)6-9(11)7-12(10)3/h4-7H,1H2,2-3H3/b10-5-. The quantitative estimate of drug-likeness (QED) is 0.663. The summed E-state index contributed by atoms with van der Waals surface area (Å²) in [4.78, 5) is 2.07. The summed E-state index contributed by atoms with van der Waals surface area (Å²) in [6.45, 7) is 5.76. The van der Waals surface area contributed by atoms with E-state index in [2.05, 4.69) is 40.4 Å². The van der Waals surface area contributed by atoms with Crippen molar-refractivity contribution < 1.29 is 0 Å². The molecule has 0 radical (unpaired) electrons. The molecule has 0 atom stereocenters. The van der Waals surface area contributed by atoms with Gasteiger partial charge in [-0.15, -0.1) is 0 Å². The minimum Gasteiger partial charge on any atom is -0.350 e. The number of halogens is 1. The topological polar surface area (TPSA) is 3.24 Å². The molecule has 1 nitrogen and oxygen atoms in total. The maximum atomic E-state index is 3.68. The molecule has 1 aliphatic rings. The van der Waals surface area contributed by atoms with Gasteiger partial charge in [0, 0.05) is 23.4 Å². The third-order valence-electron chi connectivity index (χ3n) is 1.73. The third kappa shape index (κ3) is 1.89. The minimum atomic E-state index is 1.10. The van der Waals surface area contributed by atoms with Crippen LogP contribution >= 0.6 is 15.9 Å². The van der Waals surface area contributed by atoms with Crippen molar-refractivity contribution in [1.82, 2.24) is 4.90 Å². The van der Waals surface area contributed by atoms with Crippen LogP contribution in [0, 0.1) is 0 Å². The van der Waals surface area contributed by atoms with Gasteiger partial charge in [0.2, 0.25) is 0 Å². The van der Waals surface area contributed by atoms with Crippen LogP contribution < -0.4 is 0 Å². The second kappa shape index (κ2) is 3.76. The molecule has 64 valence electrons. The highest BCUT2D eigenvalue weighted by molar-refractivity contribution is 9.11. The molecule has 0 aromatic carbocycles. The van der Waals surface area contributed by atoms with Gasteiger partial charge in [-0.2, -0.15) is 0 Å². The Labute approximate surface area is 81.9 Å². The van der Waals surface area contributed by atoms with Crippen LogP contribution in [0.3, 0.4) is 0 Å². The van der Waals surface area contributed by atoms with Crippen molar-refractivity contribution in [1.29, 1.82) is 0 Å². The van der Waals surface area contributed by atoms with E-state index in [1.165, 1.54) is 11.3 Å². The van der Waals surface area contributed by atoms with Gasteiger partial charge >= 0.3 is 0 Å². The number of likely N-dealkylation sites (N-methyl/N-ethyl adjacent to an activating group) is 1. The Morgan fingerprint density at radius 3 is 2.75 bits per heavy atom. The summed E-state index contributed by atoms with van der Waals surface area (Å²) in [6.07, 6.45) is 7.93. The van der Waals surface area contributed by atoms with E-state index in [9.17, 15) is 0 Å². The van der Waals surface area contributed by atoms with Gasteiger partial charge in [0.1, 0.15) is 0 Å². The summed E-state index contributed by atoms with van der Waals surface area (Å²) in [6, 6.07) is 0. The van der Waals surface area contributed by atoms with Crippen LogP contribution in [-0.2, 0) is 0 Å². The molecule has 0 spiro atoms. The Morgan fingerprint density at radius 2 is 2.25 bits per heavy atom. The SMILES string of the molecule is C=C/C=C1/C(C)=CC(Br)=CN1C. The second-order valence-electron chi connectivity index (χ2n) is 2.74. The van der Waals surface area contributed by atoms with E-state index in [1.807, 2.05) is 19.3 Å². The van der Waals surface area contributed by atoms with Gasteiger partial charge in [-0.1, -0.05) is 12.7 Å². The molecule has 12 heavy (non-hydrogen) atoms. The number of allylic oxidation sites excluding steroid dienone is 5. The molecule has 0 amide bonds. The molecule has 0 aromatic rings. The van der Waals surface area contributed by atoms with Crippen molar-refractivity contribution >= 4 is 15.9 Å². The molecule has 0 unspecified atom stereocenters. The lowest BCUT2D eigenvalue weighted by molar-refractivity contribution is 0.572. The molecule has 0 saturated carbocycles. The van der Waals surface area contributed by atoms with Crippen molar-refractivity contribution in [2.24, 2.45) is 0 Å². The molecule has 0 aliphatic carbocycles. The van der Waals surface area contributed by atoms with Crippen LogP contribution in [0.15, 0.2) is 46.8 Å². The fourth-order valence-electron chi connectivity index (χ4n) is 1.21. The average Bonchev–Trinajstić information content (AvgIpc) is 1.96. The zero-order valence-corrected chi connectivity index (χ0v) is 8.93. The van der Waals surface area contributed by atoms with E-state index in [0.717, 1.165) is 4.48 Å². The first-order chi connectivity index (χ1) is 5.65. The average molecular weight is 226 g/mol. The van der Waals surface area contributed by atoms with Crippen LogP contribution in [0.25, 0.3) is 0 Å². The molecular formula is C10H12BrN. The highest BCUT2D eigenvalue weighted by Gasteiger charge is 2.09. The molecule has 0 bridgehead atoms. The highest BCUT2D eigenvalue weighted by atomic mass is 79.9. The molecule has 0 fully saturated rings. The number of hydrogen-bond acceptors (Lipinski definition) is 1. The first-order valence-corrected chi connectivity index (χ1v) is 4.56. The summed E-state index contributed by atoms with van der Waals surface area (Å²) < 4.78 is 1.10. The molecule has 2 heteroatoms. The van der Waals surface area contributed by atoms with Crippen LogP contribution in [0.4, 0.5) is 0 Å². The number of hydrogen-bond donors (Lipinski definition) is 0. The van der Waals surface area contributed by atoms with Crippen LogP contribution in [0.5, 0.6) is 0 Å². The zero-order valence-electron chi connectivity index (χ0n) is 7.34. The molecule has 1 rings (SSSR count). The monoisotopic (exact) mass is 225 g/mol. The lowest BCUT2D eigenvalue weighted by Crippen LogP contribution is -2.14. The number of nitrogens with zero attached hydrogens (tertiary/aromatic N) is 1.